The summed E-state index contributed by atoms with van der Waals surface area (Å²) in [5.74, 6) is 1.31. The lowest BCUT2D eigenvalue weighted by atomic mass is 10.1. The van der Waals surface area contributed by atoms with Crippen molar-refractivity contribution in [2.45, 2.75) is 13.0 Å². The number of guanidine groups is 1. The number of hydrogen-bond acceptors (Lipinski definition) is 5. The Morgan fingerprint density at radius 1 is 1.52 bits per heavy atom. The van der Waals surface area contributed by atoms with Gasteiger partial charge in [-0.1, -0.05) is 0 Å². The molecule has 7 heteroatoms. The minimum atomic E-state index is -0.336. The van der Waals surface area contributed by atoms with Crippen molar-refractivity contribution < 1.29 is 9.53 Å². The second-order valence-electron chi connectivity index (χ2n) is 4.69. The van der Waals surface area contributed by atoms with Crippen molar-refractivity contribution in [1.29, 1.82) is 0 Å². The molecule has 1 saturated heterocycles. The van der Waals surface area contributed by atoms with Crippen molar-refractivity contribution >= 4 is 17.7 Å². The Kier molecular flexibility index (Phi) is 4.97. The van der Waals surface area contributed by atoms with Crippen molar-refractivity contribution in [2.75, 3.05) is 38.7 Å². The van der Waals surface area contributed by atoms with E-state index in [0.29, 0.717) is 18.2 Å². The number of carbonyl (C=O) groups is 1. The second-order valence-corrected chi connectivity index (χ2v) is 4.69. The van der Waals surface area contributed by atoms with Gasteiger partial charge in [-0.2, -0.15) is 0 Å². The number of pyridine rings is 1. The molecule has 114 valence electrons. The number of nitrogens with zero attached hydrogens (tertiary/aromatic N) is 3. The Morgan fingerprint density at radius 2 is 2.29 bits per heavy atom. The van der Waals surface area contributed by atoms with Gasteiger partial charge in [-0.25, -0.2) is 9.78 Å². The van der Waals surface area contributed by atoms with Crippen molar-refractivity contribution in [1.82, 2.24) is 15.6 Å². The average Bonchev–Trinajstić information content (AvgIpc) is 2.47. The summed E-state index contributed by atoms with van der Waals surface area (Å²) in [7, 11) is 3.58. The molecule has 0 aromatic carbocycles. The number of anilines is 1. The van der Waals surface area contributed by atoms with E-state index in [4.69, 9.17) is 4.74 Å². The molecule has 2 rings (SSSR count). The molecule has 0 saturated carbocycles. The van der Waals surface area contributed by atoms with Crippen LogP contribution in [0.5, 0.6) is 0 Å². The predicted octanol–water partition coefficient (Wildman–Crippen LogP) is 0.242. The van der Waals surface area contributed by atoms with Gasteiger partial charge in [0.05, 0.1) is 18.2 Å². The van der Waals surface area contributed by atoms with E-state index >= 15 is 0 Å². The normalized spacial score (nSPS) is 15.4. The van der Waals surface area contributed by atoms with Crippen LogP contribution in [0.4, 0.5) is 5.82 Å². The van der Waals surface area contributed by atoms with Crippen LogP contribution in [0.1, 0.15) is 17.3 Å². The summed E-state index contributed by atoms with van der Waals surface area (Å²) in [5, 5.41) is 6.28. The summed E-state index contributed by atoms with van der Waals surface area (Å²) in [4.78, 5) is 22.1. The standard InChI is InChI=1S/C14H21N5O2/c1-4-21-13(20)10-5-6-12(17-7-10)19-8-11(9-19)18-14(15-2)16-3/h5-7,11H,4,8-9H2,1-3H3,(H2,15,16,18). The lowest BCUT2D eigenvalue weighted by Gasteiger charge is -2.40. The van der Waals surface area contributed by atoms with Crippen LogP contribution in [-0.4, -0.2) is 56.7 Å². The molecule has 2 N–H and O–H groups in total. The number of aliphatic imine (C=N–C) groups is 1. The quantitative estimate of drug-likeness (QED) is 0.470. The second kappa shape index (κ2) is 6.92. The molecule has 0 atom stereocenters. The van der Waals surface area contributed by atoms with Gasteiger partial charge in [0.15, 0.2) is 5.96 Å². The smallest absolute Gasteiger partial charge is 0.339 e. The fraction of sp³-hybridized carbons (Fsp3) is 0.500. The predicted molar refractivity (Wildman–Crippen MR) is 81.7 cm³/mol. The van der Waals surface area contributed by atoms with Crippen molar-refractivity contribution in [3.8, 4) is 0 Å². The van der Waals surface area contributed by atoms with E-state index in [1.165, 1.54) is 0 Å². The van der Waals surface area contributed by atoms with E-state index in [2.05, 4.69) is 25.5 Å². The van der Waals surface area contributed by atoms with Crippen LogP contribution in [0.25, 0.3) is 0 Å². The maximum absolute atomic E-state index is 11.5. The topological polar surface area (TPSA) is 78.8 Å². The molecule has 21 heavy (non-hydrogen) atoms. The first-order valence-electron chi connectivity index (χ1n) is 6.97. The minimum absolute atomic E-state index is 0.336. The van der Waals surface area contributed by atoms with Crippen LogP contribution >= 0.6 is 0 Å². The fourth-order valence-electron chi connectivity index (χ4n) is 2.11. The molecule has 1 aliphatic heterocycles. The van der Waals surface area contributed by atoms with Crippen LogP contribution < -0.4 is 15.5 Å². The molecule has 2 heterocycles. The van der Waals surface area contributed by atoms with Gasteiger partial charge >= 0.3 is 5.97 Å². The lowest BCUT2D eigenvalue weighted by molar-refractivity contribution is 0.0526. The highest BCUT2D eigenvalue weighted by atomic mass is 16.5. The largest absolute Gasteiger partial charge is 0.462 e. The molecule has 7 nitrogen and oxygen atoms in total. The summed E-state index contributed by atoms with van der Waals surface area (Å²) < 4.78 is 4.93. The Balaban J connectivity index is 1.87. The summed E-state index contributed by atoms with van der Waals surface area (Å²) in [6, 6.07) is 3.94. The number of nitrogens with one attached hydrogen (secondary N) is 2. The molecule has 0 aliphatic carbocycles. The molecule has 1 aromatic rings. The zero-order chi connectivity index (χ0) is 15.2. The van der Waals surface area contributed by atoms with Gasteiger partial charge in [0.2, 0.25) is 0 Å². The van der Waals surface area contributed by atoms with Crippen LogP contribution in [0.15, 0.2) is 23.3 Å². The summed E-state index contributed by atoms with van der Waals surface area (Å²) in [6.45, 7) is 3.86. The van der Waals surface area contributed by atoms with Crippen LogP contribution in [0.2, 0.25) is 0 Å². The number of aromatic nitrogens is 1. The Morgan fingerprint density at radius 3 is 2.81 bits per heavy atom. The first-order valence-corrected chi connectivity index (χ1v) is 6.97. The zero-order valence-corrected chi connectivity index (χ0v) is 12.6. The third kappa shape index (κ3) is 3.62. The Hall–Kier alpha value is -2.31. The number of carbonyl (C=O) groups excluding carboxylic acids is 1. The molecule has 1 aromatic heterocycles. The molecule has 1 aliphatic rings. The van der Waals surface area contributed by atoms with E-state index in [1.54, 1.807) is 26.2 Å². The van der Waals surface area contributed by atoms with Gasteiger partial charge in [-0.05, 0) is 19.1 Å². The Bertz CT molecular complexity index is 509. The van der Waals surface area contributed by atoms with Gasteiger partial charge in [0, 0.05) is 33.4 Å². The first kappa shape index (κ1) is 15.1. The molecule has 0 spiro atoms. The SMILES string of the molecule is CCOC(=O)c1ccc(N2CC(NC(=NC)NC)C2)nc1. The third-order valence-electron chi connectivity index (χ3n) is 3.27. The third-order valence-corrected chi connectivity index (χ3v) is 3.27. The summed E-state index contributed by atoms with van der Waals surface area (Å²) in [6.07, 6.45) is 1.56. The van der Waals surface area contributed by atoms with Gasteiger partial charge < -0.3 is 20.3 Å². The molecule has 0 radical (unpaired) electrons. The van der Waals surface area contributed by atoms with Gasteiger partial charge in [-0.15, -0.1) is 0 Å². The first-order chi connectivity index (χ1) is 10.2. The summed E-state index contributed by atoms with van der Waals surface area (Å²) in [5.41, 5.74) is 0.478. The monoisotopic (exact) mass is 291 g/mol. The van der Waals surface area contributed by atoms with Crippen LogP contribution in [-0.2, 0) is 4.74 Å². The van der Waals surface area contributed by atoms with E-state index in [9.17, 15) is 4.79 Å². The number of esters is 1. The van der Waals surface area contributed by atoms with Gasteiger partial charge in [-0.3, -0.25) is 4.99 Å². The van der Waals surface area contributed by atoms with E-state index in [1.807, 2.05) is 13.1 Å². The number of ether oxygens (including phenoxy) is 1. The van der Waals surface area contributed by atoms with Crippen molar-refractivity contribution in [2.24, 2.45) is 4.99 Å². The van der Waals surface area contributed by atoms with E-state index in [-0.39, 0.29) is 5.97 Å². The van der Waals surface area contributed by atoms with Crippen molar-refractivity contribution in [3.05, 3.63) is 23.9 Å². The fourth-order valence-corrected chi connectivity index (χ4v) is 2.11. The number of rotatable bonds is 4. The molecule has 0 bridgehead atoms. The maximum atomic E-state index is 11.5. The highest BCUT2D eigenvalue weighted by Crippen LogP contribution is 2.18. The highest BCUT2D eigenvalue weighted by molar-refractivity contribution is 5.89. The molecular formula is C14H21N5O2. The Labute approximate surface area is 124 Å². The van der Waals surface area contributed by atoms with Gasteiger partial charge in [0.25, 0.3) is 0 Å². The summed E-state index contributed by atoms with van der Waals surface area (Å²) >= 11 is 0. The van der Waals surface area contributed by atoms with Crippen molar-refractivity contribution in [3.63, 3.8) is 0 Å². The van der Waals surface area contributed by atoms with Crippen LogP contribution in [0.3, 0.4) is 0 Å². The maximum Gasteiger partial charge on any atom is 0.339 e. The molecule has 0 unspecified atom stereocenters. The average molecular weight is 291 g/mol. The van der Waals surface area contributed by atoms with E-state index < -0.39 is 0 Å². The molecular weight excluding hydrogens is 270 g/mol. The minimum Gasteiger partial charge on any atom is -0.462 e. The highest BCUT2D eigenvalue weighted by Gasteiger charge is 2.28. The lowest BCUT2D eigenvalue weighted by Crippen LogP contribution is -2.61. The molecule has 1 fully saturated rings. The number of hydrogen-bond donors (Lipinski definition) is 2. The zero-order valence-electron chi connectivity index (χ0n) is 12.6. The van der Waals surface area contributed by atoms with E-state index in [0.717, 1.165) is 24.9 Å². The van der Waals surface area contributed by atoms with Gasteiger partial charge in [0.1, 0.15) is 5.82 Å². The van der Waals surface area contributed by atoms with Crippen LogP contribution in [0, 0.1) is 0 Å². The molecule has 0 amide bonds.